The molecule has 12 nitrogen and oxygen atoms in total. The van der Waals surface area contributed by atoms with E-state index in [1.54, 1.807) is 0 Å². The average Bonchev–Trinajstić information content (AvgIpc) is 3.04. The number of hydrogen-bond donors (Lipinski definition) is 1. The van der Waals surface area contributed by atoms with Crippen LogP contribution in [0, 0.1) is 0 Å². The molecule has 0 amide bonds. The van der Waals surface area contributed by atoms with E-state index in [0.29, 0.717) is 16.9 Å². The van der Waals surface area contributed by atoms with Gasteiger partial charge in [0.15, 0.2) is 5.69 Å². The van der Waals surface area contributed by atoms with E-state index in [2.05, 4.69) is 19.7 Å². The van der Waals surface area contributed by atoms with Crippen LogP contribution in [0.1, 0.15) is 10.5 Å². The second-order valence-electron chi connectivity index (χ2n) is 5.56. The molecule has 0 aliphatic carbocycles. The Morgan fingerprint density at radius 3 is 2.06 bits per heavy atom. The van der Waals surface area contributed by atoms with Crippen LogP contribution in [-0.2, 0) is 14.5 Å². The molecule has 156 valence electrons. The van der Waals surface area contributed by atoms with Gasteiger partial charge in [-0.3, -0.25) is 9.89 Å². The van der Waals surface area contributed by atoms with Gasteiger partial charge in [0.25, 0.3) is 5.56 Å². The van der Waals surface area contributed by atoms with Crippen LogP contribution in [0.25, 0.3) is 5.69 Å². The molecular weight excluding hydrogens is 509 g/mol. The van der Waals surface area contributed by atoms with Gasteiger partial charge in [-0.05, 0) is 48.5 Å². The smallest absolute Gasteiger partial charge is 0.744 e. The summed E-state index contributed by atoms with van der Waals surface area (Å²) in [6, 6.07) is 10.1. The Labute approximate surface area is 257 Å². The maximum Gasteiger partial charge on any atom is 1.00 e. The van der Waals surface area contributed by atoms with Gasteiger partial charge >= 0.3 is 88.7 Å². The second-order valence-corrected chi connectivity index (χ2v) is 7.71. The Bertz CT molecular complexity index is 1280. The zero-order valence-electron chi connectivity index (χ0n) is 17.5. The van der Waals surface area contributed by atoms with E-state index in [-0.39, 0.29) is 100 Å². The third kappa shape index (κ3) is 8.40. The Balaban J connectivity index is 0.00000341. The van der Waals surface area contributed by atoms with Crippen molar-refractivity contribution in [1.82, 2.24) is 9.78 Å². The quantitative estimate of drug-likeness (QED) is 0.0790. The van der Waals surface area contributed by atoms with Crippen molar-refractivity contribution in [2.24, 2.45) is 10.2 Å². The van der Waals surface area contributed by atoms with Crippen LogP contribution in [-0.4, -0.2) is 28.7 Å². The van der Waals surface area contributed by atoms with Crippen LogP contribution < -0.4 is 105 Å². The normalized spacial score (nSPS) is 10.7. The molecule has 0 radical (unpaired) electrons. The Kier molecular flexibility index (Phi) is 14.2. The largest absolute Gasteiger partial charge is 1.00 e. The summed E-state index contributed by atoms with van der Waals surface area (Å²) in [4.78, 5) is 23.9. The molecule has 17 heteroatoms. The van der Waals surface area contributed by atoms with Crippen LogP contribution in [0.3, 0.4) is 0 Å². The number of carbonyl (C=O) groups is 1. The van der Waals surface area contributed by atoms with Crippen LogP contribution in [0.5, 0.6) is 0 Å². The van der Waals surface area contributed by atoms with Crippen molar-refractivity contribution in [3.8, 4) is 5.69 Å². The molecule has 2 aromatic carbocycles. The van der Waals surface area contributed by atoms with Crippen LogP contribution >= 0.6 is 12.0 Å². The molecule has 0 fully saturated rings. The molecule has 0 atom stereocenters. The number of aromatic nitrogens is 2. The minimum Gasteiger partial charge on any atom is -0.744 e. The standard InChI is InChI=1S/C16H12N4O8S2.3Na/c21-15-13(18-17-9-1-5-11(6-2-9)29-28-24)14(16(22)23)19-20(15)10-3-7-12(8-4-10)30(25,26)27;;;/h1-8,19,24H,(H,22,23)(H,25,26,27);;;/q;3*+1/p-3. The van der Waals surface area contributed by atoms with E-state index in [9.17, 15) is 32.9 Å². The van der Waals surface area contributed by atoms with Crippen molar-refractivity contribution in [3.63, 3.8) is 0 Å². The van der Waals surface area contributed by atoms with Gasteiger partial charge in [0.05, 0.1) is 22.2 Å². The predicted molar refractivity (Wildman–Crippen MR) is 96.2 cm³/mol. The first-order valence-corrected chi connectivity index (χ1v) is 9.96. The van der Waals surface area contributed by atoms with Gasteiger partial charge in [0, 0.05) is 16.9 Å². The second kappa shape index (κ2) is 14.3. The Morgan fingerprint density at radius 2 is 1.58 bits per heavy atom. The third-order valence-electron chi connectivity index (χ3n) is 3.69. The van der Waals surface area contributed by atoms with Crippen molar-refractivity contribution in [2.45, 2.75) is 9.79 Å². The van der Waals surface area contributed by atoms with E-state index < -0.39 is 37.9 Å². The SMILES string of the molecule is O=C([O-])c1[nH]n(-c2ccc(S(=O)(=O)[O-])cc2)c(=O)c1N=Nc1ccc(SO[O-])cc1.[Na+].[Na+].[Na+]. The molecule has 3 aromatic rings. The number of aromatic amines is 1. The minimum absolute atomic E-state index is 0. The fourth-order valence-corrected chi connectivity index (χ4v) is 3.12. The molecule has 0 saturated carbocycles. The minimum atomic E-state index is -4.69. The Hall–Kier alpha value is -0.300. The summed E-state index contributed by atoms with van der Waals surface area (Å²) in [7, 11) is -4.69. The number of hydrogen-bond acceptors (Lipinski definition) is 11. The van der Waals surface area contributed by atoms with Crippen molar-refractivity contribution < 1.29 is 121 Å². The first-order valence-electron chi connectivity index (χ1n) is 7.81. The van der Waals surface area contributed by atoms with Crippen molar-refractivity contribution >= 4 is 39.5 Å². The van der Waals surface area contributed by atoms with Crippen molar-refractivity contribution in [2.75, 3.05) is 0 Å². The molecule has 0 saturated heterocycles. The number of H-pyrrole nitrogens is 1. The summed E-state index contributed by atoms with van der Waals surface area (Å²) >= 11 is 0.581. The fraction of sp³-hybridized carbons (Fsp3) is 0. The summed E-state index contributed by atoms with van der Waals surface area (Å²) in [5.41, 5.74) is -1.81. The van der Waals surface area contributed by atoms with E-state index in [1.807, 2.05) is 0 Å². The number of carboxylic acid groups (broad SMARTS) is 1. The van der Waals surface area contributed by atoms with E-state index >= 15 is 0 Å². The van der Waals surface area contributed by atoms with Gasteiger partial charge in [-0.25, -0.2) is 13.1 Å². The van der Waals surface area contributed by atoms with Crippen LogP contribution in [0.4, 0.5) is 11.4 Å². The molecule has 0 spiro atoms. The molecule has 33 heavy (non-hydrogen) atoms. The van der Waals surface area contributed by atoms with Gasteiger partial charge in [-0.1, -0.05) is 0 Å². The number of aromatic carboxylic acids is 1. The maximum atomic E-state index is 12.6. The third-order valence-corrected chi connectivity index (χ3v) is 5.07. The molecule has 1 N–H and O–H groups in total. The number of rotatable bonds is 7. The van der Waals surface area contributed by atoms with Gasteiger partial charge < -0.3 is 24.0 Å². The summed E-state index contributed by atoms with van der Waals surface area (Å²) in [6.07, 6.45) is 0. The van der Waals surface area contributed by atoms with Gasteiger partial charge in [-0.15, -0.1) is 5.11 Å². The first-order chi connectivity index (χ1) is 14.2. The van der Waals surface area contributed by atoms with Gasteiger partial charge in [-0.2, -0.15) is 5.11 Å². The number of carboxylic acids is 1. The molecule has 3 rings (SSSR count). The molecule has 0 aliphatic rings. The predicted octanol–water partition coefficient (Wildman–Crippen LogP) is -8.84. The van der Waals surface area contributed by atoms with E-state index in [1.165, 1.54) is 24.3 Å². The fourth-order valence-electron chi connectivity index (χ4n) is 2.32. The molecule has 1 heterocycles. The number of carbonyl (C=O) groups excluding carboxylic acids is 1. The van der Waals surface area contributed by atoms with Gasteiger partial charge in [0.1, 0.15) is 15.8 Å². The van der Waals surface area contributed by atoms with Crippen LogP contribution in [0.15, 0.2) is 73.3 Å². The van der Waals surface area contributed by atoms with Crippen LogP contribution in [0.2, 0.25) is 0 Å². The van der Waals surface area contributed by atoms with Crippen molar-refractivity contribution in [1.29, 1.82) is 0 Å². The molecule has 0 bridgehead atoms. The zero-order valence-corrected chi connectivity index (χ0v) is 25.2. The number of benzene rings is 2. The summed E-state index contributed by atoms with van der Waals surface area (Å²) in [5, 5.41) is 31.2. The average molecular weight is 518 g/mol. The monoisotopic (exact) mass is 518 g/mol. The zero-order chi connectivity index (χ0) is 21.9. The summed E-state index contributed by atoms with van der Waals surface area (Å²) < 4.78 is 37.5. The van der Waals surface area contributed by atoms with E-state index in [0.717, 1.165) is 28.9 Å². The maximum absolute atomic E-state index is 12.6. The molecule has 0 unspecified atom stereocenters. The molecule has 0 aliphatic heterocycles. The summed E-state index contributed by atoms with van der Waals surface area (Å²) in [5.74, 6) is -1.72. The van der Waals surface area contributed by atoms with Gasteiger partial charge in [0.2, 0.25) is 0 Å². The number of nitrogens with zero attached hydrogens (tertiary/aromatic N) is 3. The molecule has 1 aromatic heterocycles. The summed E-state index contributed by atoms with van der Waals surface area (Å²) in [6.45, 7) is 0. The van der Waals surface area contributed by atoms with Crippen molar-refractivity contribution in [3.05, 3.63) is 64.6 Å². The topological polar surface area (TPSA) is 192 Å². The number of azo groups is 1. The Morgan fingerprint density at radius 1 is 1.00 bits per heavy atom. The molecular formula is C16H9N4Na3O8S2. The number of nitrogens with one attached hydrogen (secondary N) is 1. The first kappa shape index (κ1) is 32.7. The van der Waals surface area contributed by atoms with E-state index in [4.69, 9.17) is 0 Å².